The van der Waals surface area contributed by atoms with Gasteiger partial charge in [-0.1, -0.05) is 12.1 Å². The number of aryl methyl sites for hydroxylation is 2. The number of aromatic nitrogens is 3. The number of carbonyl (C=O) groups is 1. The number of fused-ring (bicyclic) bond motifs is 1. The number of hydrogen-bond acceptors (Lipinski definition) is 3. The number of benzene rings is 2. The smallest absolute Gasteiger partial charge is 0.319 e. The van der Waals surface area contributed by atoms with E-state index in [1.807, 2.05) is 30.8 Å². The summed E-state index contributed by atoms with van der Waals surface area (Å²) in [5.41, 5.74) is 7.59. The van der Waals surface area contributed by atoms with E-state index in [1.165, 1.54) is 29.4 Å². The van der Waals surface area contributed by atoms with E-state index in [1.54, 1.807) is 0 Å². The van der Waals surface area contributed by atoms with Gasteiger partial charge in [-0.25, -0.2) is 4.79 Å². The zero-order valence-electron chi connectivity index (χ0n) is 21.9. The Morgan fingerprint density at radius 1 is 1.08 bits per heavy atom. The molecule has 0 atom stereocenters. The van der Waals surface area contributed by atoms with Crippen LogP contribution in [0.2, 0.25) is 0 Å². The van der Waals surface area contributed by atoms with Crippen LogP contribution in [0.4, 0.5) is 10.5 Å². The lowest BCUT2D eigenvalue weighted by atomic mass is 9.92. The minimum Gasteiger partial charge on any atom is -0.494 e. The minimum atomic E-state index is -0.130. The van der Waals surface area contributed by atoms with Gasteiger partial charge in [-0.2, -0.15) is 5.10 Å². The van der Waals surface area contributed by atoms with Crippen LogP contribution < -0.4 is 15.4 Å². The van der Waals surface area contributed by atoms with Crippen molar-refractivity contribution < 1.29 is 9.53 Å². The number of hydrogen-bond donors (Lipinski definition) is 2. The SMILES string of the molecule is CCOc1ccc2c(-c3nn(C)cc3C)c(-c3ccc(NC(=O)NC4CCC4)cc3)n(C3CCC3)c2c1. The predicted octanol–water partition coefficient (Wildman–Crippen LogP) is 6.81. The van der Waals surface area contributed by atoms with Crippen LogP contribution >= 0.6 is 0 Å². The highest BCUT2D eigenvalue weighted by Gasteiger charge is 2.30. The van der Waals surface area contributed by atoms with Gasteiger partial charge in [0.05, 0.1) is 23.5 Å². The van der Waals surface area contributed by atoms with Crippen molar-refractivity contribution in [2.24, 2.45) is 7.05 Å². The quantitative estimate of drug-likeness (QED) is 0.294. The van der Waals surface area contributed by atoms with Crippen molar-refractivity contribution in [2.75, 3.05) is 11.9 Å². The maximum Gasteiger partial charge on any atom is 0.319 e. The molecule has 2 heterocycles. The molecule has 0 spiro atoms. The number of anilines is 1. The molecule has 0 unspecified atom stereocenters. The van der Waals surface area contributed by atoms with Gasteiger partial charge >= 0.3 is 6.03 Å². The Labute approximate surface area is 217 Å². The molecule has 0 radical (unpaired) electrons. The first-order valence-electron chi connectivity index (χ1n) is 13.5. The van der Waals surface area contributed by atoms with Gasteiger partial charge in [0, 0.05) is 48.0 Å². The summed E-state index contributed by atoms with van der Waals surface area (Å²) in [6, 6.07) is 15.3. The van der Waals surface area contributed by atoms with E-state index in [4.69, 9.17) is 9.84 Å². The average molecular weight is 498 g/mol. The Kier molecular flexibility index (Phi) is 6.14. The van der Waals surface area contributed by atoms with Gasteiger partial charge in [-0.05, 0) is 87.8 Å². The molecule has 6 rings (SSSR count). The standard InChI is InChI=1S/C30H35N5O2/c1-4-37-24-15-16-25-26(17-24)35(23-9-6-10-23)29(27(25)28-19(2)18-34(3)33-28)20-11-13-22(14-12-20)32-30(36)31-21-7-5-8-21/h11-18,21,23H,4-10H2,1-3H3,(H2,31,32,36). The van der Waals surface area contributed by atoms with Crippen LogP contribution in [-0.4, -0.2) is 33.0 Å². The van der Waals surface area contributed by atoms with Crippen molar-refractivity contribution >= 4 is 22.6 Å². The maximum absolute atomic E-state index is 12.4. The van der Waals surface area contributed by atoms with Crippen LogP contribution in [0.5, 0.6) is 5.75 Å². The first-order valence-corrected chi connectivity index (χ1v) is 13.5. The van der Waals surface area contributed by atoms with Crippen molar-refractivity contribution in [1.29, 1.82) is 0 Å². The Hall–Kier alpha value is -3.74. The Bertz CT molecular complexity index is 1440. The molecule has 2 aromatic carbocycles. The highest BCUT2D eigenvalue weighted by molar-refractivity contribution is 6.05. The fourth-order valence-electron chi connectivity index (χ4n) is 5.57. The minimum absolute atomic E-state index is 0.130. The topological polar surface area (TPSA) is 73.1 Å². The molecule has 2 aromatic heterocycles. The van der Waals surface area contributed by atoms with E-state index < -0.39 is 0 Å². The molecule has 2 N–H and O–H groups in total. The molecule has 0 saturated heterocycles. The fourth-order valence-corrected chi connectivity index (χ4v) is 5.57. The molecule has 7 heteroatoms. The number of rotatable bonds is 7. The number of nitrogens with one attached hydrogen (secondary N) is 2. The van der Waals surface area contributed by atoms with Gasteiger partial charge in [-0.3, -0.25) is 4.68 Å². The van der Waals surface area contributed by atoms with E-state index in [9.17, 15) is 4.79 Å². The van der Waals surface area contributed by atoms with E-state index in [0.717, 1.165) is 59.5 Å². The third-order valence-electron chi connectivity index (χ3n) is 7.83. The molecule has 2 aliphatic carbocycles. The predicted molar refractivity (Wildman–Crippen MR) is 148 cm³/mol. The third kappa shape index (κ3) is 4.37. The van der Waals surface area contributed by atoms with Gasteiger partial charge in [0.1, 0.15) is 5.75 Å². The van der Waals surface area contributed by atoms with Gasteiger partial charge in [0.2, 0.25) is 0 Å². The summed E-state index contributed by atoms with van der Waals surface area (Å²) < 4.78 is 10.3. The summed E-state index contributed by atoms with van der Waals surface area (Å²) in [5, 5.41) is 12.1. The highest BCUT2D eigenvalue weighted by Crippen LogP contribution is 2.47. The van der Waals surface area contributed by atoms with E-state index in [0.29, 0.717) is 18.7 Å². The second-order valence-electron chi connectivity index (χ2n) is 10.4. The normalized spacial score (nSPS) is 15.9. The van der Waals surface area contributed by atoms with Gasteiger partial charge in [0.15, 0.2) is 0 Å². The number of carbonyl (C=O) groups excluding carboxylic acids is 1. The van der Waals surface area contributed by atoms with Crippen molar-refractivity contribution in [3.63, 3.8) is 0 Å². The van der Waals surface area contributed by atoms with Gasteiger partial charge in [-0.15, -0.1) is 0 Å². The Balaban J connectivity index is 1.47. The van der Waals surface area contributed by atoms with Crippen LogP contribution in [0, 0.1) is 6.92 Å². The molecular formula is C30H35N5O2. The van der Waals surface area contributed by atoms with Crippen molar-refractivity contribution in [2.45, 2.75) is 64.5 Å². The summed E-state index contributed by atoms with van der Waals surface area (Å²) in [6.07, 6.45) is 8.98. The summed E-state index contributed by atoms with van der Waals surface area (Å²) >= 11 is 0. The molecule has 2 amide bonds. The number of nitrogens with zero attached hydrogens (tertiary/aromatic N) is 3. The number of urea groups is 1. The van der Waals surface area contributed by atoms with Crippen molar-refractivity contribution in [3.8, 4) is 28.3 Å². The van der Waals surface area contributed by atoms with Crippen LogP contribution in [0.3, 0.4) is 0 Å². The molecule has 0 bridgehead atoms. The first kappa shape index (κ1) is 23.6. The monoisotopic (exact) mass is 497 g/mol. The van der Waals surface area contributed by atoms with Crippen LogP contribution in [0.1, 0.15) is 57.1 Å². The summed E-state index contributed by atoms with van der Waals surface area (Å²) in [7, 11) is 1.98. The lowest BCUT2D eigenvalue weighted by Crippen LogP contribution is -2.41. The second-order valence-corrected chi connectivity index (χ2v) is 10.4. The van der Waals surface area contributed by atoms with E-state index in [2.05, 4.69) is 58.7 Å². The zero-order valence-corrected chi connectivity index (χ0v) is 21.9. The Morgan fingerprint density at radius 3 is 2.43 bits per heavy atom. The maximum atomic E-state index is 12.4. The molecule has 2 saturated carbocycles. The van der Waals surface area contributed by atoms with Crippen LogP contribution in [0.25, 0.3) is 33.4 Å². The molecule has 37 heavy (non-hydrogen) atoms. The molecule has 192 valence electrons. The van der Waals surface area contributed by atoms with Crippen molar-refractivity contribution in [3.05, 3.63) is 54.2 Å². The third-order valence-corrected chi connectivity index (χ3v) is 7.83. The zero-order chi connectivity index (χ0) is 25.5. The molecule has 0 aliphatic heterocycles. The summed E-state index contributed by atoms with van der Waals surface area (Å²) in [5.74, 6) is 0.890. The molecule has 2 fully saturated rings. The van der Waals surface area contributed by atoms with E-state index >= 15 is 0 Å². The highest BCUT2D eigenvalue weighted by atomic mass is 16.5. The van der Waals surface area contributed by atoms with Crippen LogP contribution in [-0.2, 0) is 7.05 Å². The molecule has 4 aromatic rings. The van der Waals surface area contributed by atoms with E-state index in [-0.39, 0.29) is 6.03 Å². The number of amides is 2. The average Bonchev–Trinajstić information content (AvgIpc) is 3.32. The molecule has 7 nitrogen and oxygen atoms in total. The lowest BCUT2D eigenvalue weighted by Gasteiger charge is -2.30. The van der Waals surface area contributed by atoms with Crippen LogP contribution in [0.15, 0.2) is 48.7 Å². The van der Waals surface area contributed by atoms with Gasteiger partial charge < -0.3 is 19.9 Å². The van der Waals surface area contributed by atoms with Crippen molar-refractivity contribution in [1.82, 2.24) is 19.7 Å². The second kappa shape index (κ2) is 9.61. The molecular weight excluding hydrogens is 462 g/mol. The number of ether oxygens (including phenoxy) is 1. The lowest BCUT2D eigenvalue weighted by molar-refractivity contribution is 0.240. The first-order chi connectivity index (χ1) is 18.0. The summed E-state index contributed by atoms with van der Waals surface area (Å²) in [4.78, 5) is 12.4. The summed E-state index contributed by atoms with van der Waals surface area (Å²) in [6.45, 7) is 4.78. The largest absolute Gasteiger partial charge is 0.494 e. The van der Waals surface area contributed by atoms with Gasteiger partial charge in [0.25, 0.3) is 0 Å². The Morgan fingerprint density at radius 2 is 1.84 bits per heavy atom. The fraction of sp³-hybridized carbons (Fsp3) is 0.400. The molecule has 2 aliphatic rings.